The van der Waals surface area contributed by atoms with E-state index in [4.69, 9.17) is 0 Å². The van der Waals surface area contributed by atoms with Gasteiger partial charge in [0.1, 0.15) is 0 Å². The Balaban J connectivity index is -0.000000501. The van der Waals surface area contributed by atoms with E-state index in [0.29, 0.717) is 0 Å². The van der Waals surface area contributed by atoms with E-state index < -0.39 is 0 Å². The maximum Gasteiger partial charge on any atom is -0.0217 e. The molecule has 0 fully saturated rings. The molecule has 0 radical (unpaired) electrons. The summed E-state index contributed by atoms with van der Waals surface area (Å²) in [6.45, 7) is 30.5. The highest BCUT2D eigenvalue weighted by molar-refractivity contribution is 5.63. The third-order valence-electron chi connectivity index (χ3n) is 4.71. The van der Waals surface area contributed by atoms with Crippen LogP contribution in [0.3, 0.4) is 0 Å². The van der Waals surface area contributed by atoms with Crippen molar-refractivity contribution >= 4 is 6.08 Å². The molecular weight excluding hydrogens is 360 g/mol. The number of allylic oxidation sites excluding steroid dienone is 5. The third kappa shape index (κ3) is 16.0. The lowest BCUT2D eigenvalue weighted by atomic mass is 9.93. The van der Waals surface area contributed by atoms with E-state index in [1.807, 2.05) is 20.8 Å². The van der Waals surface area contributed by atoms with E-state index in [2.05, 4.69) is 92.8 Å². The molecule has 0 unspecified atom stereocenters. The molecule has 0 saturated carbocycles. The number of hydrogen-bond acceptors (Lipinski definition) is 0. The number of unbranched alkanes of at least 4 members (excludes halogenated alkanes) is 2. The first-order valence-corrected chi connectivity index (χ1v) is 11.9. The molecule has 1 rings (SSSR count). The summed E-state index contributed by atoms with van der Waals surface area (Å²) in [5.41, 5.74) is 9.49. The van der Waals surface area contributed by atoms with E-state index in [1.54, 1.807) is 6.08 Å². The van der Waals surface area contributed by atoms with Gasteiger partial charge in [-0.1, -0.05) is 121 Å². The molecule has 0 amide bonds. The highest BCUT2D eigenvalue weighted by Gasteiger charge is 2.05. The Labute approximate surface area is 190 Å². The molecule has 0 aliphatic rings. The fourth-order valence-electron chi connectivity index (χ4n) is 2.86. The SMILES string of the molecule is C=CC(=C)C.CC.CC=C(C)/C(=C\c1cc(C)cc(C)c1CC)CC.CCCCC. The Kier molecular flexibility index (Phi) is 23.9. The van der Waals surface area contributed by atoms with Crippen LogP contribution in [-0.2, 0) is 6.42 Å². The van der Waals surface area contributed by atoms with Gasteiger partial charge in [0, 0.05) is 0 Å². The van der Waals surface area contributed by atoms with E-state index in [1.165, 1.54) is 52.7 Å². The van der Waals surface area contributed by atoms with Gasteiger partial charge in [-0.15, -0.1) is 0 Å². The molecular formula is C30H52. The molecule has 0 heteroatoms. The summed E-state index contributed by atoms with van der Waals surface area (Å²) in [7, 11) is 0. The second-order valence-electron chi connectivity index (χ2n) is 7.40. The van der Waals surface area contributed by atoms with Gasteiger partial charge in [0.2, 0.25) is 0 Å². The van der Waals surface area contributed by atoms with Gasteiger partial charge in [-0.05, 0) is 69.7 Å². The third-order valence-corrected chi connectivity index (χ3v) is 4.71. The summed E-state index contributed by atoms with van der Waals surface area (Å²) >= 11 is 0. The van der Waals surface area contributed by atoms with Crippen LogP contribution in [-0.4, -0.2) is 0 Å². The van der Waals surface area contributed by atoms with Crippen LogP contribution >= 0.6 is 0 Å². The van der Waals surface area contributed by atoms with Gasteiger partial charge in [0.05, 0.1) is 0 Å². The van der Waals surface area contributed by atoms with Gasteiger partial charge >= 0.3 is 0 Å². The lowest BCUT2D eigenvalue weighted by Gasteiger charge is -2.12. The molecule has 0 aliphatic heterocycles. The Morgan fingerprint density at radius 2 is 1.47 bits per heavy atom. The molecule has 0 aromatic heterocycles. The highest BCUT2D eigenvalue weighted by Crippen LogP contribution is 2.24. The van der Waals surface area contributed by atoms with Crippen molar-refractivity contribution in [2.75, 3.05) is 0 Å². The molecule has 172 valence electrons. The van der Waals surface area contributed by atoms with Crippen molar-refractivity contribution < 1.29 is 0 Å². The maximum atomic E-state index is 3.56. The van der Waals surface area contributed by atoms with Gasteiger partial charge in [-0.3, -0.25) is 0 Å². The molecule has 1 aromatic carbocycles. The van der Waals surface area contributed by atoms with Gasteiger partial charge < -0.3 is 0 Å². The van der Waals surface area contributed by atoms with Crippen molar-refractivity contribution in [3.8, 4) is 0 Å². The summed E-state index contributed by atoms with van der Waals surface area (Å²) in [5.74, 6) is 0. The molecule has 0 heterocycles. The largest absolute Gasteiger partial charge is 0.0988 e. The average Bonchev–Trinajstić information content (AvgIpc) is 2.74. The maximum absolute atomic E-state index is 3.56. The molecule has 0 bridgehead atoms. The van der Waals surface area contributed by atoms with Gasteiger partial charge in [0.25, 0.3) is 0 Å². The topological polar surface area (TPSA) is 0 Å². The number of benzene rings is 1. The van der Waals surface area contributed by atoms with Crippen LogP contribution in [0.25, 0.3) is 6.08 Å². The van der Waals surface area contributed by atoms with Crippen molar-refractivity contribution in [3.63, 3.8) is 0 Å². The van der Waals surface area contributed by atoms with Crippen LogP contribution < -0.4 is 0 Å². The lowest BCUT2D eigenvalue weighted by molar-refractivity contribution is 0.772. The minimum Gasteiger partial charge on any atom is -0.0988 e. The fourth-order valence-corrected chi connectivity index (χ4v) is 2.86. The minimum atomic E-state index is 1.02. The van der Waals surface area contributed by atoms with Crippen LogP contribution in [0.15, 0.2) is 54.2 Å². The van der Waals surface area contributed by atoms with E-state index in [0.717, 1.165) is 18.4 Å². The zero-order valence-corrected chi connectivity index (χ0v) is 22.3. The predicted molar refractivity (Wildman–Crippen MR) is 145 cm³/mol. The van der Waals surface area contributed by atoms with Crippen LogP contribution in [0.4, 0.5) is 0 Å². The summed E-state index contributed by atoms with van der Waals surface area (Å²) < 4.78 is 0. The quantitative estimate of drug-likeness (QED) is 0.390. The highest BCUT2D eigenvalue weighted by atomic mass is 14.1. The predicted octanol–water partition coefficient (Wildman–Crippen LogP) is 10.6. The summed E-state index contributed by atoms with van der Waals surface area (Å²) in [6, 6.07) is 4.59. The molecule has 30 heavy (non-hydrogen) atoms. The molecule has 0 N–H and O–H groups in total. The monoisotopic (exact) mass is 412 g/mol. The zero-order valence-electron chi connectivity index (χ0n) is 22.3. The van der Waals surface area contributed by atoms with Crippen molar-refractivity contribution in [2.24, 2.45) is 0 Å². The van der Waals surface area contributed by atoms with Gasteiger partial charge in [-0.25, -0.2) is 0 Å². The molecule has 0 saturated heterocycles. The number of aryl methyl sites for hydroxylation is 2. The van der Waals surface area contributed by atoms with Crippen LogP contribution in [0.2, 0.25) is 0 Å². The van der Waals surface area contributed by atoms with E-state index in [-0.39, 0.29) is 0 Å². The molecule has 0 nitrogen and oxygen atoms in total. The Hall–Kier alpha value is -1.82. The van der Waals surface area contributed by atoms with Gasteiger partial charge in [0.15, 0.2) is 0 Å². The van der Waals surface area contributed by atoms with Crippen molar-refractivity contribution in [2.45, 2.75) is 108 Å². The lowest BCUT2D eigenvalue weighted by Crippen LogP contribution is -1.94. The van der Waals surface area contributed by atoms with E-state index >= 15 is 0 Å². The first-order valence-electron chi connectivity index (χ1n) is 11.9. The molecule has 0 atom stereocenters. The van der Waals surface area contributed by atoms with Crippen LogP contribution in [0.1, 0.15) is 110 Å². The van der Waals surface area contributed by atoms with Crippen molar-refractivity contribution in [1.29, 1.82) is 0 Å². The van der Waals surface area contributed by atoms with Crippen LogP contribution in [0.5, 0.6) is 0 Å². The van der Waals surface area contributed by atoms with Gasteiger partial charge in [-0.2, -0.15) is 0 Å². The van der Waals surface area contributed by atoms with E-state index in [9.17, 15) is 0 Å². The van der Waals surface area contributed by atoms with Crippen molar-refractivity contribution in [3.05, 3.63) is 76.4 Å². The fraction of sp³-hybridized carbons (Fsp3) is 0.533. The first kappa shape index (κ1) is 32.8. The Bertz CT molecular complexity index is 636. The Morgan fingerprint density at radius 3 is 1.77 bits per heavy atom. The van der Waals surface area contributed by atoms with Crippen LogP contribution in [0, 0.1) is 13.8 Å². The number of hydrogen-bond donors (Lipinski definition) is 0. The molecule has 0 aliphatic carbocycles. The average molecular weight is 413 g/mol. The second kappa shape index (κ2) is 21.9. The standard InChI is InChI=1S/C18H26.C5H8.C5H12.C2H6/c1-7-14(5)16(8-2)12-17-11-13(4)10-15(6)18(17)9-3;1-4-5(2)3;1-3-5-4-2;1-2/h7,10-12H,8-9H2,1-6H3;4H,1-2H2,3H3;3-5H2,1-2H3;1-2H3/b14-7?,16-12-;;;. The molecule has 1 aromatic rings. The first-order chi connectivity index (χ1) is 14.2. The van der Waals surface area contributed by atoms with Crippen molar-refractivity contribution in [1.82, 2.24) is 0 Å². The second-order valence-corrected chi connectivity index (χ2v) is 7.40. The zero-order chi connectivity index (χ0) is 24.1. The minimum absolute atomic E-state index is 1.02. The summed E-state index contributed by atoms with van der Waals surface area (Å²) in [4.78, 5) is 0. The molecule has 0 spiro atoms. The summed E-state index contributed by atoms with van der Waals surface area (Å²) in [6.07, 6.45) is 12.6. The normalized spacial score (nSPS) is 10.5. The smallest absolute Gasteiger partial charge is 0.0217 e. The summed E-state index contributed by atoms with van der Waals surface area (Å²) in [5, 5.41) is 0. The Morgan fingerprint density at radius 1 is 0.967 bits per heavy atom. The number of rotatable bonds is 7.